The molecule has 10 heteroatoms. The van der Waals surface area contributed by atoms with Crippen LogP contribution in [0.4, 0.5) is 5.82 Å². The van der Waals surface area contributed by atoms with Crippen molar-refractivity contribution in [3.05, 3.63) is 47.8 Å². The number of hydrogen-bond acceptors (Lipinski definition) is 7. The minimum absolute atomic E-state index is 0.0284. The summed E-state index contributed by atoms with van der Waals surface area (Å²) >= 11 is 0. The molecule has 1 fully saturated rings. The predicted octanol–water partition coefficient (Wildman–Crippen LogP) is 5.79. The van der Waals surface area contributed by atoms with Crippen molar-refractivity contribution in [1.29, 1.82) is 0 Å². The van der Waals surface area contributed by atoms with Crippen molar-refractivity contribution in [2.24, 2.45) is 0 Å². The lowest BCUT2D eigenvalue weighted by Crippen LogP contribution is -2.34. The van der Waals surface area contributed by atoms with Gasteiger partial charge in [-0.15, -0.1) is 0 Å². The quantitative estimate of drug-likeness (QED) is 0.141. The molecule has 0 amide bonds. The molecule has 3 heterocycles. The van der Waals surface area contributed by atoms with Gasteiger partial charge in [-0.3, -0.25) is 0 Å². The molecule has 0 spiro atoms. The number of ether oxygens (including phenoxy) is 2. The molecule has 1 aliphatic heterocycles. The number of aliphatic hydroxyl groups is 1. The van der Waals surface area contributed by atoms with E-state index in [1.54, 1.807) is 0 Å². The maximum Gasteiger partial charge on any atom is 0.165 e. The van der Waals surface area contributed by atoms with Crippen molar-refractivity contribution in [2.75, 3.05) is 44.7 Å². The monoisotopic (exact) mass is 583 g/mol. The van der Waals surface area contributed by atoms with Gasteiger partial charge in [-0.05, 0) is 42.6 Å². The second-order valence-corrected chi connectivity index (χ2v) is 24.7. The van der Waals surface area contributed by atoms with Gasteiger partial charge in [0.25, 0.3) is 0 Å². The molecule has 2 N–H and O–H groups in total. The number of hydrogen-bond donors (Lipinski definition) is 2. The fraction of sp³-hybridized carbons (Fsp3) is 0.600. The highest BCUT2D eigenvalue weighted by atomic mass is 28.3. The Kier molecular flexibility index (Phi) is 10.6. The lowest BCUT2D eigenvalue weighted by Gasteiger charge is -2.28. The second-order valence-electron chi connectivity index (χ2n) is 13.5. The molecule has 3 aromatic rings. The second kappa shape index (κ2) is 13.7. The smallest absolute Gasteiger partial charge is 0.165 e. The largest absolute Gasteiger partial charge is 0.392 e. The van der Waals surface area contributed by atoms with Gasteiger partial charge in [0.1, 0.15) is 19.3 Å². The van der Waals surface area contributed by atoms with Crippen molar-refractivity contribution in [2.45, 2.75) is 76.7 Å². The Balaban J connectivity index is 1.70. The van der Waals surface area contributed by atoms with Crippen LogP contribution >= 0.6 is 0 Å². The van der Waals surface area contributed by atoms with E-state index in [0.717, 1.165) is 85.1 Å². The molecule has 2 aromatic heterocycles. The van der Waals surface area contributed by atoms with Gasteiger partial charge in [0, 0.05) is 53.5 Å². The Morgan fingerprint density at radius 1 is 1.00 bits per heavy atom. The fourth-order valence-corrected chi connectivity index (χ4v) is 6.29. The van der Waals surface area contributed by atoms with E-state index >= 15 is 0 Å². The fourth-order valence-electron chi connectivity index (χ4n) is 4.77. The van der Waals surface area contributed by atoms with Gasteiger partial charge in [-0.25, -0.2) is 4.98 Å². The molecule has 0 saturated carbocycles. The van der Waals surface area contributed by atoms with Crippen LogP contribution in [0.2, 0.25) is 51.4 Å². The molecule has 0 radical (unpaired) electrons. The summed E-state index contributed by atoms with van der Waals surface area (Å²) in [7, 11) is -2.39. The van der Waals surface area contributed by atoms with E-state index in [-0.39, 0.29) is 6.61 Å². The zero-order valence-electron chi connectivity index (χ0n) is 25.4. The van der Waals surface area contributed by atoms with Gasteiger partial charge in [-0.1, -0.05) is 63.5 Å². The molecular formula is C30H49N5O3Si2. The molecule has 0 bridgehead atoms. The highest BCUT2D eigenvalue weighted by molar-refractivity contribution is 6.76. The summed E-state index contributed by atoms with van der Waals surface area (Å²) in [6.45, 7) is 18.7. The first-order valence-electron chi connectivity index (χ1n) is 14.7. The molecule has 8 nitrogen and oxygen atoms in total. The predicted molar refractivity (Wildman–Crippen MR) is 170 cm³/mol. The van der Waals surface area contributed by atoms with Gasteiger partial charge < -0.3 is 24.8 Å². The summed E-state index contributed by atoms with van der Waals surface area (Å²) in [5.41, 5.74) is 4.83. The molecule has 1 unspecified atom stereocenters. The molecule has 40 heavy (non-hydrogen) atoms. The van der Waals surface area contributed by atoms with E-state index in [0.29, 0.717) is 19.4 Å². The van der Waals surface area contributed by atoms with Crippen molar-refractivity contribution in [3.63, 3.8) is 0 Å². The number of piperidine rings is 1. The number of anilines is 1. The zero-order valence-corrected chi connectivity index (χ0v) is 27.4. The van der Waals surface area contributed by atoms with Crippen LogP contribution in [0.1, 0.15) is 30.0 Å². The van der Waals surface area contributed by atoms with Crippen LogP contribution in [0.15, 0.2) is 36.5 Å². The first kappa shape index (κ1) is 30.9. The number of nitrogens with zero attached hydrogens (tertiary/aromatic N) is 4. The number of aliphatic hydroxyl groups excluding tert-OH is 1. The van der Waals surface area contributed by atoms with Gasteiger partial charge in [-0.2, -0.15) is 9.61 Å². The number of rotatable bonds is 14. The molecule has 1 aliphatic rings. The average molecular weight is 584 g/mol. The van der Waals surface area contributed by atoms with E-state index in [4.69, 9.17) is 19.6 Å². The van der Waals surface area contributed by atoms with Gasteiger partial charge in [0.2, 0.25) is 0 Å². The van der Waals surface area contributed by atoms with Gasteiger partial charge in [0.15, 0.2) is 5.65 Å². The van der Waals surface area contributed by atoms with Crippen LogP contribution in [-0.2, 0) is 16.1 Å². The third kappa shape index (κ3) is 8.71. The van der Waals surface area contributed by atoms with Crippen molar-refractivity contribution in [1.82, 2.24) is 19.9 Å². The Labute approximate surface area is 242 Å². The van der Waals surface area contributed by atoms with Gasteiger partial charge in [0.05, 0.1) is 18.5 Å². The van der Waals surface area contributed by atoms with Gasteiger partial charge >= 0.3 is 0 Å². The van der Waals surface area contributed by atoms with Crippen LogP contribution in [0.5, 0.6) is 0 Å². The van der Waals surface area contributed by atoms with Crippen LogP contribution in [-0.4, -0.2) is 75.6 Å². The topological polar surface area (TPSA) is 84.2 Å². The highest BCUT2D eigenvalue weighted by Crippen LogP contribution is 2.31. The SMILES string of the molecule is C[Si](C)(C)CCOCN(COCC[Si](C)(C)C)c1cc(C2CCCNC2)nc2c(-c3ccc(CO)cc3)cnn12. The first-order valence-corrected chi connectivity index (χ1v) is 22.2. The highest BCUT2D eigenvalue weighted by Gasteiger charge is 2.24. The van der Waals surface area contributed by atoms with Crippen molar-refractivity contribution in [3.8, 4) is 11.1 Å². The number of aromatic nitrogens is 3. The maximum absolute atomic E-state index is 9.52. The normalized spacial score (nSPS) is 16.5. The number of fused-ring (bicyclic) bond motifs is 1. The molecular weight excluding hydrogens is 535 g/mol. The molecule has 220 valence electrons. The van der Waals surface area contributed by atoms with E-state index in [2.05, 4.69) is 55.6 Å². The third-order valence-electron chi connectivity index (χ3n) is 7.45. The summed E-state index contributed by atoms with van der Waals surface area (Å²) in [4.78, 5) is 7.37. The summed E-state index contributed by atoms with van der Waals surface area (Å²) in [5.74, 6) is 1.30. The Bertz CT molecular complexity index is 1190. The van der Waals surface area contributed by atoms with E-state index < -0.39 is 16.1 Å². The van der Waals surface area contributed by atoms with E-state index in [1.165, 1.54) is 0 Å². The van der Waals surface area contributed by atoms with Crippen LogP contribution < -0.4 is 10.2 Å². The first-order chi connectivity index (χ1) is 19.0. The van der Waals surface area contributed by atoms with Crippen molar-refractivity contribution >= 4 is 27.6 Å². The molecule has 4 rings (SSSR count). The minimum Gasteiger partial charge on any atom is -0.392 e. The van der Waals surface area contributed by atoms with E-state index in [9.17, 15) is 5.11 Å². The van der Waals surface area contributed by atoms with Crippen molar-refractivity contribution < 1.29 is 14.6 Å². The molecule has 1 saturated heterocycles. The van der Waals surface area contributed by atoms with Crippen LogP contribution in [0, 0.1) is 0 Å². The van der Waals surface area contributed by atoms with Crippen LogP contribution in [0.3, 0.4) is 0 Å². The van der Waals surface area contributed by atoms with Crippen LogP contribution in [0.25, 0.3) is 16.8 Å². The minimum atomic E-state index is -1.20. The summed E-state index contributed by atoms with van der Waals surface area (Å²) in [6, 6.07) is 12.4. The number of benzene rings is 1. The summed E-state index contributed by atoms with van der Waals surface area (Å²) in [5, 5.41) is 17.9. The Morgan fingerprint density at radius 2 is 1.65 bits per heavy atom. The molecule has 1 aromatic carbocycles. The maximum atomic E-state index is 9.52. The Hall–Kier alpha value is -2.09. The third-order valence-corrected chi connectivity index (χ3v) is 10.9. The number of nitrogens with one attached hydrogen (secondary N) is 1. The lowest BCUT2D eigenvalue weighted by molar-refractivity contribution is 0.0942. The summed E-state index contributed by atoms with van der Waals surface area (Å²) < 4.78 is 14.5. The van der Waals surface area contributed by atoms with E-state index in [1.807, 2.05) is 35.0 Å². The average Bonchev–Trinajstić information content (AvgIpc) is 3.35. The summed E-state index contributed by atoms with van der Waals surface area (Å²) in [6.07, 6.45) is 4.16. The Morgan fingerprint density at radius 3 is 2.20 bits per heavy atom. The molecule has 1 atom stereocenters. The lowest BCUT2D eigenvalue weighted by atomic mass is 9.95. The zero-order chi connectivity index (χ0) is 28.8. The molecule has 0 aliphatic carbocycles. The standard InChI is InChI=1S/C30H49N5O3Si2/c1-39(2,3)16-14-37-22-34(23-38-15-17-40(4,5)6)29-18-28(26-8-7-13-31-19-26)33-30-27(20-32-35(29)30)25-11-9-24(21-36)10-12-25/h9-12,18,20,26,31,36H,7-8,13-17,19,21-23H2,1-6H3.